The molecular weight excluding hydrogens is 210 g/mol. The second kappa shape index (κ2) is 5.65. The normalized spacial score (nSPS) is 10.3. The molecule has 5 nitrogen and oxygen atoms in total. The number of hydrogen-bond donors (Lipinski definition) is 1. The van der Waals surface area contributed by atoms with E-state index in [1.54, 1.807) is 13.0 Å². The quantitative estimate of drug-likeness (QED) is 0.613. The summed E-state index contributed by atoms with van der Waals surface area (Å²) in [5.41, 5.74) is 0.603. The van der Waals surface area contributed by atoms with E-state index >= 15 is 0 Å². The third kappa shape index (κ3) is 3.53. The molecule has 1 heterocycles. The lowest BCUT2D eigenvalue weighted by Crippen LogP contribution is -2.00. The molecule has 0 fully saturated rings. The first-order chi connectivity index (χ1) is 7.63. The first-order valence-electron chi connectivity index (χ1n) is 4.67. The average molecular weight is 221 g/mol. The maximum Gasteiger partial charge on any atom is 0.354 e. The Balaban J connectivity index is 2.68. The summed E-state index contributed by atoms with van der Waals surface area (Å²) in [5.74, 6) is -1.52. The van der Waals surface area contributed by atoms with Crippen LogP contribution in [0.25, 0.3) is 6.08 Å². The minimum atomic E-state index is -1.08. The molecule has 5 heteroatoms. The van der Waals surface area contributed by atoms with Crippen molar-refractivity contribution in [2.24, 2.45) is 0 Å². The molecular formula is C11H11NO4. The van der Waals surface area contributed by atoms with Gasteiger partial charge in [0.1, 0.15) is 5.69 Å². The predicted octanol–water partition coefficient (Wildman–Crippen LogP) is 1.36. The van der Waals surface area contributed by atoms with Gasteiger partial charge in [-0.05, 0) is 24.6 Å². The molecule has 1 N–H and O–H groups in total. The summed E-state index contributed by atoms with van der Waals surface area (Å²) in [5, 5.41) is 8.61. The number of carboxylic acids is 1. The Kier molecular flexibility index (Phi) is 4.20. The molecule has 0 unspecified atom stereocenters. The van der Waals surface area contributed by atoms with Crippen molar-refractivity contribution in [3.05, 3.63) is 35.7 Å². The van der Waals surface area contributed by atoms with E-state index in [9.17, 15) is 9.59 Å². The highest BCUT2D eigenvalue weighted by atomic mass is 16.5. The summed E-state index contributed by atoms with van der Waals surface area (Å²) in [6, 6.07) is 2.93. The lowest BCUT2D eigenvalue weighted by atomic mass is 10.2. The molecule has 0 amide bonds. The lowest BCUT2D eigenvalue weighted by molar-refractivity contribution is -0.137. The molecule has 1 rings (SSSR count). The van der Waals surface area contributed by atoms with Gasteiger partial charge in [0.25, 0.3) is 0 Å². The molecule has 0 bridgehead atoms. The van der Waals surface area contributed by atoms with E-state index in [-0.39, 0.29) is 5.69 Å². The molecule has 16 heavy (non-hydrogen) atoms. The van der Waals surface area contributed by atoms with E-state index in [2.05, 4.69) is 9.72 Å². The van der Waals surface area contributed by atoms with Crippen LogP contribution in [0.5, 0.6) is 0 Å². The predicted molar refractivity (Wildman–Crippen MR) is 56.9 cm³/mol. The lowest BCUT2D eigenvalue weighted by Gasteiger charge is -1.96. The fourth-order valence-corrected chi connectivity index (χ4v) is 0.985. The van der Waals surface area contributed by atoms with Gasteiger partial charge in [-0.3, -0.25) is 0 Å². The first kappa shape index (κ1) is 11.9. The van der Waals surface area contributed by atoms with Gasteiger partial charge in [0.05, 0.1) is 6.61 Å². The van der Waals surface area contributed by atoms with Crippen LogP contribution < -0.4 is 0 Å². The highest BCUT2D eigenvalue weighted by molar-refractivity contribution is 5.87. The number of pyridine rings is 1. The Morgan fingerprint density at radius 2 is 2.25 bits per heavy atom. The fourth-order valence-electron chi connectivity index (χ4n) is 0.985. The number of carbonyl (C=O) groups excluding carboxylic acids is 1. The molecule has 0 aliphatic carbocycles. The summed E-state index contributed by atoms with van der Waals surface area (Å²) >= 11 is 0. The Morgan fingerprint density at radius 1 is 1.50 bits per heavy atom. The van der Waals surface area contributed by atoms with Crippen molar-refractivity contribution in [1.82, 2.24) is 4.98 Å². The van der Waals surface area contributed by atoms with Gasteiger partial charge in [-0.15, -0.1) is 0 Å². The first-order valence-corrected chi connectivity index (χ1v) is 4.67. The topological polar surface area (TPSA) is 76.5 Å². The van der Waals surface area contributed by atoms with Crippen LogP contribution in [-0.4, -0.2) is 28.6 Å². The van der Waals surface area contributed by atoms with Crippen molar-refractivity contribution in [2.75, 3.05) is 6.61 Å². The number of ether oxygens (including phenoxy) is 1. The summed E-state index contributed by atoms with van der Waals surface area (Å²) in [6.45, 7) is 2.04. The van der Waals surface area contributed by atoms with Gasteiger partial charge in [-0.1, -0.05) is 6.07 Å². The van der Waals surface area contributed by atoms with Crippen LogP contribution >= 0.6 is 0 Å². The van der Waals surface area contributed by atoms with E-state index in [4.69, 9.17) is 5.11 Å². The third-order valence-electron chi connectivity index (χ3n) is 1.70. The van der Waals surface area contributed by atoms with Gasteiger partial charge in [0.15, 0.2) is 0 Å². The second-order valence-corrected chi connectivity index (χ2v) is 2.87. The van der Waals surface area contributed by atoms with Crippen LogP contribution in [0, 0.1) is 0 Å². The summed E-state index contributed by atoms with van der Waals surface area (Å²) in [7, 11) is 0. The molecule has 0 atom stereocenters. The highest BCUT2D eigenvalue weighted by Gasteiger charge is 2.02. The van der Waals surface area contributed by atoms with Gasteiger partial charge >= 0.3 is 11.9 Å². The minimum Gasteiger partial charge on any atom is -0.477 e. The van der Waals surface area contributed by atoms with E-state index in [0.29, 0.717) is 12.2 Å². The molecule has 0 aliphatic rings. The van der Waals surface area contributed by atoms with Crippen molar-refractivity contribution in [3.8, 4) is 0 Å². The van der Waals surface area contributed by atoms with Crippen LogP contribution in [0.2, 0.25) is 0 Å². The molecule has 0 saturated carbocycles. The minimum absolute atomic E-state index is 0.0340. The maximum absolute atomic E-state index is 11.0. The van der Waals surface area contributed by atoms with E-state index in [1.165, 1.54) is 24.4 Å². The number of rotatable bonds is 4. The number of aromatic nitrogens is 1. The van der Waals surface area contributed by atoms with Crippen LogP contribution in [0.15, 0.2) is 24.4 Å². The van der Waals surface area contributed by atoms with Gasteiger partial charge in [0.2, 0.25) is 0 Å². The molecule has 0 radical (unpaired) electrons. The highest BCUT2D eigenvalue weighted by Crippen LogP contribution is 2.02. The number of carbonyl (C=O) groups is 2. The monoisotopic (exact) mass is 221 g/mol. The SMILES string of the molecule is CCOC(=O)C=Cc1ccc(C(=O)O)nc1. The van der Waals surface area contributed by atoms with Crippen LogP contribution in [-0.2, 0) is 9.53 Å². The van der Waals surface area contributed by atoms with Crippen molar-refractivity contribution in [1.29, 1.82) is 0 Å². The number of hydrogen-bond acceptors (Lipinski definition) is 4. The van der Waals surface area contributed by atoms with Crippen LogP contribution in [0.1, 0.15) is 23.0 Å². The Bertz CT molecular complexity index is 408. The van der Waals surface area contributed by atoms with Crippen LogP contribution in [0.4, 0.5) is 0 Å². The van der Waals surface area contributed by atoms with E-state index < -0.39 is 11.9 Å². The van der Waals surface area contributed by atoms with Crippen molar-refractivity contribution < 1.29 is 19.4 Å². The Hall–Kier alpha value is -2.17. The molecule has 1 aromatic rings. The third-order valence-corrected chi connectivity index (χ3v) is 1.70. The van der Waals surface area contributed by atoms with Gasteiger partial charge in [-0.25, -0.2) is 14.6 Å². The maximum atomic E-state index is 11.0. The smallest absolute Gasteiger partial charge is 0.354 e. The number of aromatic carboxylic acids is 1. The number of nitrogens with zero attached hydrogens (tertiary/aromatic N) is 1. The van der Waals surface area contributed by atoms with Crippen molar-refractivity contribution >= 4 is 18.0 Å². The Labute approximate surface area is 92.4 Å². The van der Waals surface area contributed by atoms with Crippen molar-refractivity contribution in [2.45, 2.75) is 6.92 Å². The van der Waals surface area contributed by atoms with E-state index in [1.807, 2.05) is 0 Å². The summed E-state index contributed by atoms with van der Waals surface area (Å²) in [4.78, 5) is 25.2. The molecule has 84 valence electrons. The molecule has 0 aliphatic heterocycles. The Morgan fingerprint density at radius 3 is 2.75 bits per heavy atom. The van der Waals surface area contributed by atoms with E-state index in [0.717, 1.165) is 0 Å². The summed E-state index contributed by atoms with van der Waals surface area (Å²) in [6.07, 6.45) is 4.15. The second-order valence-electron chi connectivity index (χ2n) is 2.87. The summed E-state index contributed by atoms with van der Waals surface area (Å²) < 4.78 is 4.69. The van der Waals surface area contributed by atoms with Gasteiger partial charge in [0, 0.05) is 12.3 Å². The fraction of sp³-hybridized carbons (Fsp3) is 0.182. The van der Waals surface area contributed by atoms with Gasteiger partial charge in [-0.2, -0.15) is 0 Å². The largest absolute Gasteiger partial charge is 0.477 e. The average Bonchev–Trinajstić information content (AvgIpc) is 2.27. The number of esters is 1. The standard InChI is InChI=1S/C11H11NO4/c1-2-16-10(13)6-4-8-3-5-9(11(14)15)12-7-8/h3-7H,2H2,1H3,(H,14,15). The molecule has 0 spiro atoms. The zero-order chi connectivity index (χ0) is 12.0. The van der Waals surface area contributed by atoms with Crippen molar-refractivity contribution in [3.63, 3.8) is 0 Å². The van der Waals surface area contributed by atoms with Gasteiger partial charge < -0.3 is 9.84 Å². The zero-order valence-corrected chi connectivity index (χ0v) is 8.71. The molecule has 1 aromatic heterocycles. The van der Waals surface area contributed by atoms with Crippen LogP contribution in [0.3, 0.4) is 0 Å². The molecule has 0 saturated heterocycles. The molecule has 0 aromatic carbocycles. The zero-order valence-electron chi connectivity index (χ0n) is 8.71. The number of carboxylic acid groups (broad SMARTS) is 1.